The Kier molecular flexibility index (Phi) is 3.49. The molecule has 1 saturated heterocycles. The third kappa shape index (κ3) is 2.50. The van der Waals surface area contributed by atoms with E-state index in [4.69, 9.17) is 10.5 Å². The molecule has 2 unspecified atom stereocenters. The van der Waals surface area contributed by atoms with Gasteiger partial charge in [0.15, 0.2) is 5.78 Å². The van der Waals surface area contributed by atoms with E-state index in [1.165, 1.54) is 0 Å². The van der Waals surface area contributed by atoms with Gasteiger partial charge in [0, 0.05) is 12.6 Å². The van der Waals surface area contributed by atoms with Gasteiger partial charge in [-0.3, -0.25) is 4.79 Å². The SMILES string of the molecule is NCC1CCC(C(=O)c2ccc(F)cc2F)O1. The zero-order valence-corrected chi connectivity index (χ0v) is 9.16. The minimum atomic E-state index is -0.852. The van der Waals surface area contributed by atoms with Crippen LogP contribution in [0.1, 0.15) is 23.2 Å². The number of ether oxygens (including phenoxy) is 1. The van der Waals surface area contributed by atoms with E-state index < -0.39 is 23.5 Å². The molecule has 1 aliphatic rings. The van der Waals surface area contributed by atoms with Gasteiger partial charge in [-0.1, -0.05) is 0 Å². The normalized spacial score (nSPS) is 23.9. The van der Waals surface area contributed by atoms with E-state index in [0.29, 0.717) is 25.5 Å². The summed E-state index contributed by atoms with van der Waals surface area (Å²) in [6.45, 7) is 0.343. The molecular weight excluding hydrogens is 228 g/mol. The van der Waals surface area contributed by atoms with Crippen molar-refractivity contribution in [3.63, 3.8) is 0 Å². The first-order valence-electron chi connectivity index (χ1n) is 5.46. The van der Waals surface area contributed by atoms with E-state index in [0.717, 1.165) is 12.1 Å². The summed E-state index contributed by atoms with van der Waals surface area (Å²) >= 11 is 0. The second-order valence-electron chi connectivity index (χ2n) is 4.05. The second kappa shape index (κ2) is 4.89. The molecule has 0 bridgehead atoms. The maximum atomic E-state index is 13.4. The minimum absolute atomic E-state index is 0.130. The average Bonchev–Trinajstić information content (AvgIpc) is 2.76. The lowest BCUT2D eigenvalue weighted by Gasteiger charge is -2.11. The van der Waals surface area contributed by atoms with Crippen LogP contribution in [0.5, 0.6) is 0 Å². The molecule has 1 fully saturated rings. The zero-order chi connectivity index (χ0) is 12.4. The molecule has 1 aliphatic heterocycles. The van der Waals surface area contributed by atoms with Crippen molar-refractivity contribution in [2.75, 3.05) is 6.54 Å². The number of Topliss-reactive ketones (excluding diaryl/α,β-unsaturated/α-hetero) is 1. The van der Waals surface area contributed by atoms with Gasteiger partial charge in [0.2, 0.25) is 0 Å². The van der Waals surface area contributed by atoms with Crippen molar-refractivity contribution >= 4 is 5.78 Å². The first-order valence-corrected chi connectivity index (χ1v) is 5.46. The largest absolute Gasteiger partial charge is 0.366 e. The fourth-order valence-corrected chi connectivity index (χ4v) is 1.93. The summed E-state index contributed by atoms with van der Waals surface area (Å²) in [5, 5.41) is 0. The molecule has 92 valence electrons. The Morgan fingerprint density at radius 1 is 1.41 bits per heavy atom. The highest BCUT2D eigenvalue weighted by atomic mass is 19.1. The summed E-state index contributed by atoms with van der Waals surface area (Å²) < 4.78 is 31.5. The first kappa shape index (κ1) is 12.1. The number of ketones is 1. The molecule has 1 heterocycles. The number of hydrogen-bond acceptors (Lipinski definition) is 3. The maximum absolute atomic E-state index is 13.4. The Morgan fingerprint density at radius 3 is 2.76 bits per heavy atom. The van der Waals surface area contributed by atoms with E-state index in [1.54, 1.807) is 0 Å². The van der Waals surface area contributed by atoms with Gasteiger partial charge in [-0.05, 0) is 25.0 Å². The van der Waals surface area contributed by atoms with Crippen LogP contribution in [-0.4, -0.2) is 24.5 Å². The van der Waals surface area contributed by atoms with Gasteiger partial charge in [0.1, 0.15) is 17.7 Å². The monoisotopic (exact) mass is 241 g/mol. The first-order chi connectivity index (χ1) is 8.11. The van der Waals surface area contributed by atoms with Crippen LogP contribution in [0.25, 0.3) is 0 Å². The molecule has 17 heavy (non-hydrogen) atoms. The predicted molar refractivity (Wildman–Crippen MR) is 57.6 cm³/mol. The molecule has 3 nitrogen and oxygen atoms in total. The number of benzene rings is 1. The summed E-state index contributed by atoms with van der Waals surface area (Å²) in [6.07, 6.45) is 0.406. The molecule has 0 amide bonds. The number of halogens is 2. The molecule has 2 N–H and O–H groups in total. The quantitative estimate of drug-likeness (QED) is 0.819. The van der Waals surface area contributed by atoms with Crippen molar-refractivity contribution in [1.82, 2.24) is 0 Å². The molecule has 1 aromatic rings. The van der Waals surface area contributed by atoms with Crippen LogP contribution in [0.2, 0.25) is 0 Å². The second-order valence-corrected chi connectivity index (χ2v) is 4.05. The van der Waals surface area contributed by atoms with Gasteiger partial charge in [0.25, 0.3) is 0 Å². The molecule has 0 radical (unpaired) electrons. The topological polar surface area (TPSA) is 52.3 Å². The highest BCUT2D eigenvalue weighted by Crippen LogP contribution is 2.23. The molecule has 0 saturated carbocycles. The van der Waals surface area contributed by atoms with Gasteiger partial charge in [-0.15, -0.1) is 0 Å². The molecule has 0 spiro atoms. The van der Waals surface area contributed by atoms with Gasteiger partial charge in [-0.2, -0.15) is 0 Å². The smallest absolute Gasteiger partial charge is 0.194 e. The van der Waals surface area contributed by atoms with Gasteiger partial charge < -0.3 is 10.5 Å². The number of rotatable bonds is 3. The fraction of sp³-hybridized carbons (Fsp3) is 0.417. The zero-order valence-electron chi connectivity index (χ0n) is 9.16. The lowest BCUT2D eigenvalue weighted by atomic mass is 10.0. The fourth-order valence-electron chi connectivity index (χ4n) is 1.93. The standard InChI is InChI=1S/C12H13F2NO2/c13-7-1-3-9(10(14)5-7)12(16)11-4-2-8(6-15)17-11/h1,3,5,8,11H,2,4,6,15H2. The Bertz CT molecular complexity index is 437. The summed E-state index contributed by atoms with van der Waals surface area (Å²) in [7, 11) is 0. The maximum Gasteiger partial charge on any atom is 0.194 e. The van der Waals surface area contributed by atoms with Crippen LogP contribution in [0.4, 0.5) is 8.78 Å². The molecule has 5 heteroatoms. The van der Waals surface area contributed by atoms with Crippen LogP contribution in [0.3, 0.4) is 0 Å². The molecule has 2 atom stereocenters. The molecule has 0 aliphatic carbocycles. The minimum Gasteiger partial charge on any atom is -0.366 e. The molecule has 1 aromatic carbocycles. The van der Waals surface area contributed by atoms with E-state index in [2.05, 4.69) is 0 Å². The Labute approximate surface area is 97.6 Å². The lowest BCUT2D eigenvalue weighted by Crippen LogP contribution is -2.25. The molecule has 0 aromatic heterocycles. The summed E-state index contributed by atoms with van der Waals surface area (Å²) in [4.78, 5) is 11.9. The van der Waals surface area contributed by atoms with Gasteiger partial charge in [-0.25, -0.2) is 8.78 Å². The van der Waals surface area contributed by atoms with Crippen molar-refractivity contribution in [1.29, 1.82) is 0 Å². The Morgan fingerprint density at radius 2 is 2.18 bits per heavy atom. The summed E-state index contributed by atoms with van der Waals surface area (Å²) in [6, 6.07) is 2.90. The predicted octanol–water partition coefficient (Wildman–Crippen LogP) is 1.65. The average molecular weight is 241 g/mol. The number of hydrogen-bond donors (Lipinski definition) is 1. The van der Waals surface area contributed by atoms with Crippen molar-refractivity contribution in [2.24, 2.45) is 5.73 Å². The summed E-state index contributed by atoms with van der Waals surface area (Å²) in [5.41, 5.74) is 5.29. The van der Waals surface area contributed by atoms with E-state index >= 15 is 0 Å². The van der Waals surface area contributed by atoms with Gasteiger partial charge in [0.05, 0.1) is 11.7 Å². The highest BCUT2D eigenvalue weighted by Gasteiger charge is 2.31. The van der Waals surface area contributed by atoms with E-state index in [9.17, 15) is 13.6 Å². The lowest BCUT2D eigenvalue weighted by molar-refractivity contribution is 0.0401. The van der Waals surface area contributed by atoms with Crippen LogP contribution in [0, 0.1) is 11.6 Å². The van der Waals surface area contributed by atoms with Crippen LogP contribution in [0.15, 0.2) is 18.2 Å². The van der Waals surface area contributed by atoms with Crippen molar-refractivity contribution < 1.29 is 18.3 Å². The number of carbonyl (C=O) groups excluding carboxylic acids is 1. The third-order valence-electron chi connectivity index (χ3n) is 2.86. The number of carbonyl (C=O) groups is 1. The van der Waals surface area contributed by atoms with Crippen molar-refractivity contribution in [3.8, 4) is 0 Å². The van der Waals surface area contributed by atoms with Gasteiger partial charge >= 0.3 is 0 Å². The van der Waals surface area contributed by atoms with E-state index in [1.807, 2.05) is 0 Å². The third-order valence-corrected chi connectivity index (χ3v) is 2.86. The molecule has 2 rings (SSSR count). The Hall–Kier alpha value is -1.33. The highest BCUT2D eigenvalue weighted by molar-refractivity contribution is 5.99. The van der Waals surface area contributed by atoms with Crippen LogP contribution in [-0.2, 0) is 4.74 Å². The van der Waals surface area contributed by atoms with Crippen molar-refractivity contribution in [2.45, 2.75) is 25.0 Å². The number of nitrogens with two attached hydrogens (primary N) is 1. The van der Waals surface area contributed by atoms with Crippen LogP contribution < -0.4 is 5.73 Å². The Balaban J connectivity index is 2.15. The molecular formula is C12H13F2NO2. The van der Waals surface area contributed by atoms with Crippen LogP contribution >= 0.6 is 0 Å². The summed E-state index contributed by atoms with van der Waals surface area (Å²) in [5.74, 6) is -2.00. The van der Waals surface area contributed by atoms with Crippen molar-refractivity contribution in [3.05, 3.63) is 35.4 Å². The van der Waals surface area contributed by atoms with E-state index in [-0.39, 0.29) is 11.7 Å².